The third kappa shape index (κ3) is 2.26. The molecule has 20 heavy (non-hydrogen) atoms. The number of carboxylic acid groups (broad SMARTS) is 1. The lowest BCUT2D eigenvalue weighted by Gasteiger charge is -2.37. The smallest absolute Gasteiger partial charge is 0.311 e. The minimum absolute atomic E-state index is 0.338. The van der Waals surface area contributed by atoms with Crippen LogP contribution in [-0.2, 0) is 17.8 Å². The third-order valence-corrected chi connectivity index (χ3v) is 3.91. The van der Waals surface area contributed by atoms with Crippen molar-refractivity contribution in [2.45, 2.75) is 32.2 Å². The number of tetrazole rings is 1. The van der Waals surface area contributed by atoms with Crippen LogP contribution in [0.5, 0.6) is 0 Å². The van der Waals surface area contributed by atoms with Crippen LogP contribution < -0.4 is 0 Å². The molecule has 104 valence electrons. The topological polar surface area (TPSA) is 93.8 Å². The highest BCUT2D eigenvalue weighted by Gasteiger charge is 2.45. The van der Waals surface area contributed by atoms with E-state index in [0.29, 0.717) is 31.6 Å². The number of hydrogen-bond acceptors (Lipinski definition) is 5. The Kier molecular flexibility index (Phi) is 3.17. The van der Waals surface area contributed by atoms with Crippen molar-refractivity contribution in [3.63, 3.8) is 0 Å². The average molecular weight is 273 g/mol. The monoisotopic (exact) mass is 273 g/mol. The molecular formula is C13H15N5O2. The largest absolute Gasteiger partial charge is 0.481 e. The van der Waals surface area contributed by atoms with Crippen LogP contribution in [-0.4, -0.2) is 36.3 Å². The van der Waals surface area contributed by atoms with Crippen molar-refractivity contribution in [3.05, 3.63) is 35.9 Å². The fourth-order valence-electron chi connectivity index (χ4n) is 2.49. The number of aromatic nitrogens is 5. The minimum Gasteiger partial charge on any atom is -0.481 e. The number of carboxylic acids is 1. The van der Waals surface area contributed by atoms with Gasteiger partial charge in [0.05, 0.1) is 12.0 Å². The zero-order valence-corrected chi connectivity index (χ0v) is 10.9. The van der Waals surface area contributed by atoms with Crippen LogP contribution in [0.25, 0.3) is 0 Å². The normalized spacial score (nSPS) is 16.6. The van der Waals surface area contributed by atoms with Crippen LogP contribution in [0.1, 0.15) is 30.7 Å². The van der Waals surface area contributed by atoms with Crippen LogP contribution in [0.3, 0.4) is 0 Å². The minimum atomic E-state index is -0.758. The van der Waals surface area contributed by atoms with E-state index in [1.165, 1.54) is 0 Å². The van der Waals surface area contributed by atoms with Crippen molar-refractivity contribution in [2.75, 3.05) is 0 Å². The Morgan fingerprint density at radius 2 is 2.30 bits per heavy atom. The number of carbonyl (C=O) groups is 1. The van der Waals surface area contributed by atoms with Gasteiger partial charge in [0, 0.05) is 18.8 Å². The molecule has 2 heterocycles. The molecule has 0 amide bonds. The summed E-state index contributed by atoms with van der Waals surface area (Å²) in [6.45, 7) is 0.338. The van der Waals surface area contributed by atoms with Gasteiger partial charge in [-0.3, -0.25) is 9.78 Å². The van der Waals surface area contributed by atoms with Gasteiger partial charge in [-0.2, -0.15) is 0 Å². The summed E-state index contributed by atoms with van der Waals surface area (Å²) in [5.41, 5.74) is 0.306. The molecular weight excluding hydrogens is 258 g/mol. The highest BCUT2D eigenvalue weighted by molar-refractivity contribution is 5.75. The Morgan fingerprint density at radius 1 is 1.45 bits per heavy atom. The van der Waals surface area contributed by atoms with Gasteiger partial charge in [0.1, 0.15) is 0 Å². The standard InChI is InChI=1S/C13H15N5O2/c19-12(20)13(4-2-5-13)9-18-11(15-16-17-18)7-10-3-1-6-14-8-10/h1,3,6,8H,2,4-5,7,9H2,(H,19,20). The quantitative estimate of drug-likeness (QED) is 0.870. The van der Waals surface area contributed by atoms with Crippen molar-refractivity contribution in [3.8, 4) is 0 Å². The molecule has 0 radical (unpaired) electrons. The van der Waals surface area contributed by atoms with E-state index in [4.69, 9.17) is 0 Å². The number of nitrogens with zero attached hydrogens (tertiary/aromatic N) is 5. The van der Waals surface area contributed by atoms with E-state index in [1.807, 2.05) is 12.1 Å². The summed E-state index contributed by atoms with van der Waals surface area (Å²) >= 11 is 0. The van der Waals surface area contributed by atoms with E-state index in [0.717, 1.165) is 12.0 Å². The first-order chi connectivity index (χ1) is 9.70. The lowest BCUT2D eigenvalue weighted by atomic mass is 9.69. The number of aliphatic carboxylic acids is 1. The second kappa shape index (κ2) is 4.99. The fourth-order valence-corrected chi connectivity index (χ4v) is 2.49. The number of hydrogen-bond donors (Lipinski definition) is 1. The zero-order chi connectivity index (χ0) is 14.0. The Bertz CT molecular complexity index is 606. The van der Waals surface area contributed by atoms with Crippen molar-refractivity contribution in [1.82, 2.24) is 25.2 Å². The van der Waals surface area contributed by atoms with Crippen molar-refractivity contribution in [1.29, 1.82) is 0 Å². The summed E-state index contributed by atoms with van der Waals surface area (Å²) in [7, 11) is 0. The molecule has 2 aromatic heterocycles. The molecule has 0 saturated heterocycles. The van der Waals surface area contributed by atoms with Crippen molar-refractivity contribution < 1.29 is 9.90 Å². The Morgan fingerprint density at radius 3 is 2.90 bits per heavy atom. The van der Waals surface area contributed by atoms with Crippen LogP contribution in [0, 0.1) is 5.41 Å². The molecule has 1 fully saturated rings. The Balaban J connectivity index is 1.79. The predicted molar refractivity (Wildman–Crippen MR) is 68.8 cm³/mol. The third-order valence-electron chi connectivity index (χ3n) is 3.91. The maximum absolute atomic E-state index is 11.4. The van der Waals surface area contributed by atoms with E-state index in [2.05, 4.69) is 20.5 Å². The first-order valence-corrected chi connectivity index (χ1v) is 6.57. The summed E-state index contributed by atoms with van der Waals surface area (Å²) in [6, 6.07) is 3.80. The summed E-state index contributed by atoms with van der Waals surface area (Å²) in [5.74, 6) is -0.0860. The zero-order valence-electron chi connectivity index (χ0n) is 10.9. The van der Waals surface area contributed by atoms with Crippen molar-refractivity contribution in [2.24, 2.45) is 5.41 Å². The Labute approximate surface area is 115 Å². The Hall–Kier alpha value is -2.31. The van der Waals surface area contributed by atoms with Crippen LogP contribution in [0.4, 0.5) is 0 Å². The summed E-state index contributed by atoms with van der Waals surface area (Å²) < 4.78 is 1.61. The van der Waals surface area contributed by atoms with Gasteiger partial charge < -0.3 is 5.11 Å². The fraction of sp³-hybridized carbons (Fsp3) is 0.462. The maximum Gasteiger partial charge on any atom is 0.311 e. The SMILES string of the molecule is O=C(O)C1(Cn2nnnc2Cc2cccnc2)CCC1. The van der Waals surface area contributed by atoms with Gasteiger partial charge in [-0.15, -0.1) is 5.10 Å². The molecule has 7 nitrogen and oxygen atoms in total. The molecule has 7 heteroatoms. The molecule has 1 aliphatic rings. The van der Waals surface area contributed by atoms with Gasteiger partial charge >= 0.3 is 5.97 Å². The highest BCUT2D eigenvalue weighted by atomic mass is 16.4. The molecule has 0 unspecified atom stereocenters. The van der Waals surface area contributed by atoms with Gasteiger partial charge in [0.2, 0.25) is 0 Å². The lowest BCUT2D eigenvalue weighted by molar-refractivity contribution is -0.156. The van der Waals surface area contributed by atoms with Crippen LogP contribution >= 0.6 is 0 Å². The highest BCUT2D eigenvalue weighted by Crippen LogP contribution is 2.42. The molecule has 2 aromatic rings. The van der Waals surface area contributed by atoms with E-state index in [1.54, 1.807) is 17.1 Å². The van der Waals surface area contributed by atoms with Crippen LogP contribution in [0.2, 0.25) is 0 Å². The van der Waals surface area contributed by atoms with E-state index < -0.39 is 11.4 Å². The number of pyridine rings is 1. The van der Waals surface area contributed by atoms with Gasteiger partial charge in [0.15, 0.2) is 5.82 Å². The molecule has 0 spiro atoms. The molecule has 1 aliphatic carbocycles. The summed E-state index contributed by atoms with van der Waals surface area (Å²) in [6.07, 6.45) is 6.35. The molecule has 0 aromatic carbocycles. The first-order valence-electron chi connectivity index (χ1n) is 6.57. The van der Waals surface area contributed by atoms with Gasteiger partial charge in [-0.25, -0.2) is 4.68 Å². The summed E-state index contributed by atoms with van der Waals surface area (Å²) in [4.78, 5) is 15.5. The van der Waals surface area contributed by atoms with E-state index >= 15 is 0 Å². The van der Waals surface area contributed by atoms with E-state index in [9.17, 15) is 9.90 Å². The second-order valence-corrected chi connectivity index (χ2v) is 5.23. The lowest BCUT2D eigenvalue weighted by Crippen LogP contribution is -2.42. The summed E-state index contributed by atoms with van der Waals surface area (Å²) in [5, 5.41) is 21.0. The van der Waals surface area contributed by atoms with Crippen LogP contribution in [0.15, 0.2) is 24.5 Å². The maximum atomic E-state index is 11.4. The van der Waals surface area contributed by atoms with Gasteiger partial charge in [-0.1, -0.05) is 12.5 Å². The molecule has 0 atom stereocenters. The molecule has 0 bridgehead atoms. The average Bonchev–Trinajstić information content (AvgIpc) is 2.82. The first kappa shape index (κ1) is 12.7. The second-order valence-electron chi connectivity index (χ2n) is 5.23. The molecule has 1 saturated carbocycles. The van der Waals surface area contributed by atoms with Crippen molar-refractivity contribution >= 4 is 5.97 Å². The number of rotatable bonds is 5. The molecule has 3 rings (SSSR count). The van der Waals surface area contributed by atoms with Gasteiger partial charge in [-0.05, 0) is 34.9 Å². The molecule has 0 aliphatic heterocycles. The van der Waals surface area contributed by atoms with Gasteiger partial charge in [0.25, 0.3) is 0 Å². The molecule has 1 N–H and O–H groups in total. The predicted octanol–water partition coefficient (Wildman–Crippen LogP) is 0.914. The van der Waals surface area contributed by atoms with E-state index in [-0.39, 0.29) is 0 Å².